The molecule has 9 heteroatoms. The molecule has 0 bridgehead atoms. The third-order valence-electron chi connectivity index (χ3n) is 6.25. The van der Waals surface area contributed by atoms with Gasteiger partial charge in [0.05, 0.1) is 0 Å². The fraction of sp³-hybridized carbons (Fsp3) is 0.833. The van der Waals surface area contributed by atoms with E-state index in [1.165, 1.54) is 18.9 Å². The fourth-order valence-corrected chi connectivity index (χ4v) is 12.9. The van der Waals surface area contributed by atoms with Gasteiger partial charge in [0, 0.05) is 0 Å². The van der Waals surface area contributed by atoms with Crippen LogP contribution in [0.3, 0.4) is 0 Å². The van der Waals surface area contributed by atoms with E-state index >= 15 is 0 Å². The summed E-state index contributed by atoms with van der Waals surface area (Å²) in [6.45, 7) is 20.1. The Balaban J connectivity index is 5.73. The van der Waals surface area contributed by atoms with Gasteiger partial charge in [0.1, 0.15) is 0 Å². The molecule has 0 aliphatic heterocycles. The van der Waals surface area contributed by atoms with Crippen LogP contribution in [0.25, 0.3) is 0 Å². The number of nitrogens with two attached hydrogens (primary N) is 3. The summed E-state index contributed by atoms with van der Waals surface area (Å²) in [5.41, 5.74) is 17.2. The van der Waals surface area contributed by atoms with Crippen LogP contribution in [0.5, 0.6) is 0 Å². The van der Waals surface area contributed by atoms with Gasteiger partial charge in [-0.1, -0.05) is 0 Å². The van der Waals surface area contributed by atoms with Gasteiger partial charge in [-0.3, -0.25) is 0 Å². The Labute approximate surface area is 207 Å². The molecule has 0 aromatic rings. The molecule has 0 saturated carbocycles. The first kappa shape index (κ1) is 32.9. The van der Waals surface area contributed by atoms with Crippen molar-refractivity contribution in [2.45, 2.75) is 32.2 Å². The van der Waals surface area contributed by atoms with Crippen LogP contribution in [0.4, 0.5) is 0 Å². The van der Waals surface area contributed by atoms with Gasteiger partial charge in [-0.25, -0.2) is 0 Å². The van der Waals surface area contributed by atoms with E-state index in [4.69, 9.17) is 26.7 Å². The second-order valence-corrected chi connectivity index (χ2v) is 16.6. The third-order valence-corrected chi connectivity index (χ3v) is 14.7. The molecule has 0 aromatic carbocycles. The van der Waals surface area contributed by atoms with Gasteiger partial charge in [-0.2, -0.15) is 0 Å². The second-order valence-electron chi connectivity index (χ2n) is 9.00. The van der Waals surface area contributed by atoms with Crippen molar-refractivity contribution in [2.24, 2.45) is 22.6 Å². The average Bonchev–Trinajstić information content (AvgIpc) is 2.82. The van der Waals surface area contributed by atoms with Gasteiger partial charge in [0.2, 0.25) is 0 Å². The summed E-state index contributed by atoms with van der Waals surface area (Å²) < 4.78 is 17.1. The standard InChI is InChI=1S/C12H21O2.3C4H11N2.Ti/c1-5-8-13-10-12(4,7-3)11-14-9-6-2;3*1-2-6-4-3-5;/h5-6H,1-2,4,7-11H2,3H3;3*6H,1-5H2;. The van der Waals surface area contributed by atoms with E-state index < -0.39 is 16.6 Å². The van der Waals surface area contributed by atoms with E-state index in [-0.39, 0.29) is 5.41 Å². The van der Waals surface area contributed by atoms with Crippen LogP contribution >= 0.6 is 0 Å². The normalized spacial score (nSPS) is 12.2. The van der Waals surface area contributed by atoms with Gasteiger partial charge in [-0.15, -0.1) is 0 Å². The Kier molecular flexibility index (Phi) is 22.3. The average molecular weight is 507 g/mol. The zero-order valence-corrected chi connectivity index (χ0v) is 22.9. The maximum absolute atomic E-state index is 6.05. The van der Waals surface area contributed by atoms with Crippen LogP contribution in [0.2, 0.25) is 18.9 Å². The molecule has 33 heavy (non-hydrogen) atoms. The van der Waals surface area contributed by atoms with Crippen LogP contribution in [-0.4, -0.2) is 85.3 Å². The number of hydrogen-bond acceptors (Lipinski definition) is 8. The Hall–Kier alpha value is -0.126. The predicted molar refractivity (Wildman–Crippen MR) is 140 cm³/mol. The number of hydrogen-bond donors (Lipinski definition) is 6. The first-order valence-electron chi connectivity index (χ1n) is 12.7. The van der Waals surface area contributed by atoms with Gasteiger partial charge in [0.15, 0.2) is 0 Å². The molecule has 0 saturated heterocycles. The first-order valence-corrected chi connectivity index (χ1v) is 17.1. The Morgan fingerprint density at radius 2 is 1.12 bits per heavy atom. The van der Waals surface area contributed by atoms with Gasteiger partial charge < -0.3 is 0 Å². The predicted octanol–water partition coefficient (Wildman–Crippen LogP) is 1.26. The zero-order chi connectivity index (χ0) is 24.7. The molecule has 0 heterocycles. The van der Waals surface area contributed by atoms with E-state index in [9.17, 15) is 0 Å². The van der Waals surface area contributed by atoms with Crippen molar-refractivity contribution in [3.8, 4) is 0 Å². The van der Waals surface area contributed by atoms with Gasteiger partial charge in [0.25, 0.3) is 0 Å². The molecule has 0 aliphatic carbocycles. The minimum absolute atomic E-state index is 0.00161. The first-order chi connectivity index (χ1) is 16.1. The third kappa shape index (κ3) is 16.2. The van der Waals surface area contributed by atoms with Crippen LogP contribution in [-0.2, 0) is 26.1 Å². The second kappa shape index (κ2) is 22.3. The van der Waals surface area contributed by atoms with Crippen LogP contribution in [0.15, 0.2) is 25.3 Å². The summed E-state index contributed by atoms with van der Waals surface area (Å²) >= 11 is -2.39. The van der Waals surface area contributed by atoms with Crippen LogP contribution < -0.4 is 33.2 Å². The number of nitrogens with one attached hydrogen (secondary N) is 3. The zero-order valence-electron chi connectivity index (χ0n) is 21.3. The monoisotopic (exact) mass is 506 g/mol. The van der Waals surface area contributed by atoms with E-state index in [0.29, 0.717) is 46.1 Å². The molecule has 196 valence electrons. The summed E-state index contributed by atoms with van der Waals surface area (Å²) in [5.74, 6) is 0. The maximum atomic E-state index is 6.05. The van der Waals surface area contributed by atoms with Gasteiger partial charge in [-0.05, 0) is 0 Å². The van der Waals surface area contributed by atoms with Crippen molar-refractivity contribution in [1.29, 1.82) is 0 Å². The van der Waals surface area contributed by atoms with Gasteiger partial charge >= 0.3 is 208 Å². The molecule has 0 atom stereocenters. The minimum atomic E-state index is -2.39. The Morgan fingerprint density at radius 3 is 1.42 bits per heavy atom. The van der Waals surface area contributed by atoms with Crippen molar-refractivity contribution in [1.82, 2.24) is 16.0 Å². The molecule has 8 nitrogen and oxygen atoms in total. The quantitative estimate of drug-likeness (QED) is 0.0587. The van der Waals surface area contributed by atoms with E-state index in [1.54, 1.807) is 0 Å². The van der Waals surface area contributed by atoms with Crippen LogP contribution in [0, 0.1) is 5.41 Å². The molecule has 0 radical (unpaired) electrons. The SMILES string of the molecule is C=CCOCC(CC)(COCC=C)[CH2][Ti]([CH2]CNCCN)([CH2]CNCCN)[CH2]CNCCN. The van der Waals surface area contributed by atoms with E-state index in [2.05, 4.69) is 36.0 Å². The molecule has 0 aliphatic rings. The van der Waals surface area contributed by atoms with Crippen molar-refractivity contribution >= 4 is 0 Å². The summed E-state index contributed by atoms with van der Waals surface area (Å²) in [6.07, 6.45) is 4.67. The van der Waals surface area contributed by atoms with E-state index in [0.717, 1.165) is 45.7 Å². The molecule has 0 fully saturated rings. The fourth-order valence-electron chi connectivity index (χ4n) is 4.37. The Bertz CT molecular complexity index is 425. The summed E-state index contributed by atoms with van der Waals surface area (Å²) in [4.78, 5) is 0. The molecule has 0 rings (SSSR count). The molecule has 0 unspecified atom stereocenters. The van der Waals surface area contributed by atoms with Crippen molar-refractivity contribution in [3.63, 3.8) is 0 Å². The van der Waals surface area contributed by atoms with Crippen LogP contribution in [0.1, 0.15) is 13.3 Å². The van der Waals surface area contributed by atoms with E-state index in [1.807, 2.05) is 12.2 Å². The Morgan fingerprint density at radius 1 is 0.727 bits per heavy atom. The topological polar surface area (TPSA) is 133 Å². The molecular weight excluding hydrogens is 452 g/mol. The van der Waals surface area contributed by atoms with Crippen molar-refractivity contribution in [2.75, 3.05) is 85.3 Å². The number of rotatable bonds is 26. The van der Waals surface area contributed by atoms with Crippen molar-refractivity contribution in [3.05, 3.63) is 25.3 Å². The number of ether oxygens (including phenoxy) is 2. The molecule has 0 amide bonds. The summed E-state index contributed by atoms with van der Waals surface area (Å²) in [6, 6.07) is 0. The molecular formula is C24H54N6O2Ti. The summed E-state index contributed by atoms with van der Waals surface area (Å²) in [7, 11) is 0. The van der Waals surface area contributed by atoms with Crippen molar-refractivity contribution < 1.29 is 26.1 Å². The molecule has 9 N–H and O–H groups in total. The molecule has 0 aromatic heterocycles. The summed E-state index contributed by atoms with van der Waals surface area (Å²) in [5, 5.41) is 10.7. The molecule has 0 spiro atoms.